The van der Waals surface area contributed by atoms with Gasteiger partial charge in [-0.2, -0.15) is 0 Å². The van der Waals surface area contributed by atoms with Gasteiger partial charge in [0.2, 0.25) is 0 Å². The van der Waals surface area contributed by atoms with Gasteiger partial charge < -0.3 is 25.4 Å². The van der Waals surface area contributed by atoms with Gasteiger partial charge in [0.1, 0.15) is 17.4 Å². The van der Waals surface area contributed by atoms with Gasteiger partial charge in [0.15, 0.2) is 0 Å². The molecule has 8 nitrogen and oxygen atoms in total. The van der Waals surface area contributed by atoms with E-state index in [1.165, 1.54) is 31.4 Å². The van der Waals surface area contributed by atoms with Crippen LogP contribution in [0.5, 0.6) is 5.75 Å². The molecule has 206 valence electrons. The third-order valence-corrected chi connectivity index (χ3v) is 6.97. The van der Waals surface area contributed by atoms with Gasteiger partial charge in [-0.05, 0) is 61.2 Å². The van der Waals surface area contributed by atoms with Gasteiger partial charge in [-0.15, -0.1) is 6.42 Å². The molecule has 0 aliphatic carbocycles. The summed E-state index contributed by atoms with van der Waals surface area (Å²) in [6.07, 6.45) is 6.87. The first-order valence-corrected chi connectivity index (χ1v) is 12.9. The van der Waals surface area contributed by atoms with Crippen molar-refractivity contribution < 1.29 is 23.8 Å². The Morgan fingerprint density at radius 2 is 1.77 bits per heavy atom. The number of rotatable bonds is 7. The van der Waals surface area contributed by atoms with Crippen molar-refractivity contribution in [3.05, 3.63) is 87.7 Å². The number of anilines is 2. The van der Waals surface area contributed by atoms with E-state index in [0.29, 0.717) is 29.9 Å². The summed E-state index contributed by atoms with van der Waals surface area (Å²) in [5.41, 5.74) is 1.18. The van der Waals surface area contributed by atoms with Gasteiger partial charge in [0.25, 0.3) is 11.8 Å². The molecule has 0 unspecified atom stereocenters. The van der Waals surface area contributed by atoms with Crippen LogP contribution in [-0.4, -0.2) is 54.5 Å². The van der Waals surface area contributed by atoms with E-state index in [4.69, 9.17) is 28.2 Å². The van der Waals surface area contributed by atoms with Crippen molar-refractivity contribution in [2.45, 2.75) is 12.8 Å². The van der Waals surface area contributed by atoms with Crippen LogP contribution >= 0.6 is 11.6 Å². The fourth-order valence-corrected chi connectivity index (χ4v) is 4.66. The van der Waals surface area contributed by atoms with Crippen molar-refractivity contribution in [1.82, 2.24) is 4.90 Å². The Morgan fingerprint density at radius 1 is 1.10 bits per heavy atom. The Balaban J connectivity index is 1.55. The van der Waals surface area contributed by atoms with Gasteiger partial charge in [0.05, 0.1) is 23.9 Å². The molecule has 0 saturated carbocycles. The minimum absolute atomic E-state index is 0.00353. The minimum atomic E-state index is -0.822. The molecule has 0 aromatic heterocycles. The van der Waals surface area contributed by atoms with Gasteiger partial charge in [-0.3, -0.25) is 15.0 Å². The predicted molar refractivity (Wildman–Crippen MR) is 153 cm³/mol. The van der Waals surface area contributed by atoms with Crippen molar-refractivity contribution in [3.63, 3.8) is 0 Å². The number of amides is 2. The molecule has 40 heavy (non-hydrogen) atoms. The van der Waals surface area contributed by atoms with Crippen molar-refractivity contribution in [1.29, 1.82) is 5.41 Å². The summed E-state index contributed by atoms with van der Waals surface area (Å²) in [6.45, 7) is 1.29. The first-order chi connectivity index (χ1) is 19.2. The number of carbonyl (C=O) groups excluding carboxylic acids is 2. The summed E-state index contributed by atoms with van der Waals surface area (Å²) in [4.78, 5) is 28.2. The third-order valence-electron chi connectivity index (χ3n) is 6.76. The Hall–Kier alpha value is -4.39. The number of nitrogens with one attached hydrogen (secondary N) is 3. The fourth-order valence-electron chi connectivity index (χ4n) is 4.45. The van der Waals surface area contributed by atoms with Gasteiger partial charge >= 0.3 is 0 Å². The van der Waals surface area contributed by atoms with E-state index in [9.17, 15) is 14.7 Å². The summed E-state index contributed by atoms with van der Waals surface area (Å²) < 4.78 is 20.5. The SMILES string of the molecule is C#Cc1ccc(NC(=O)c2cc(Cl)cc(OC)c2NC(=O)c2ccc(C(=N)N3CCC(CO)CC3)cc2F)cc1. The highest BCUT2D eigenvalue weighted by molar-refractivity contribution is 6.31. The molecule has 0 radical (unpaired) electrons. The maximum absolute atomic E-state index is 15.1. The van der Waals surface area contributed by atoms with E-state index in [2.05, 4.69) is 16.6 Å². The zero-order valence-electron chi connectivity index (χ0n) is 21.8. The van der Waals surface area contributed by atoms with Crippen molar-refractivity contribution in [3.8, 4) is 18.1 Å². The maximum Gasteiger partial charge on any atom is 0.258 e. The molecule has 3 aromatic rings. The summed E-state index contributed by atoms with van der Waals surface area (Å²) >= 11 is 6.20. The molecule has 1 heterocycles. The van der Waals surface area contributed by atoms with E-state index in [1.54, 1.807) is 24.3 Å². The number of carbonyl (C=O) groups is 2. The lowest BCUT2D eigenvalue weighted by atomic mass is 9.97. The molecular formula is C30H28ClFN4O4. The second kappa shape index (κ2) is 12.6. The molecule has 1 aliphatic rings. The lowest BCUT2D eigenvalue weighted by molar-refractivity contribution is 0.102. The molecule has 0 bridgehead atoms. The number of hydrogen-bond acceptors (Lipinski definition) is 5. The van der Waals surface area contributed by atoms with E-state index in [1.807, 2.05) is 4.90 Å². The third kappa shape index (κ3) is 6.42. The number of hydrogen-bond donors (Lipinski definition) is 4. The molecule has 10 heteroatoms. The number of aliphatic hydroxyl groups excluding tert-OH is 1. The number of piperidine rings is 1. The topological polar surface area (TPSA) is 115 Å². The van der Waals surface area contributed by atoms with Crippen LogP contribution in [0.3, 0.4) is 0 Å². The number of nitrogens with zero attached hydrogens (tertiary/aromatic N) is 1. The van der Waals surface area contributed by atoms with E-state index >= 15 is 4.39 Å². The number of terminal acetylenes is 1. The highest BCUT2D eigenvalue weighted by Gasteiger charge is 2.24. The van der Waals surface area contributed by atoms with Crippen molar-refractivity contribution in [2.24, 2.45) is 5.92 Å². The Morgan fingerprint density at radius 3 is 2.38 bits per heavy atom. The first kappa shape index (κ1) is 28.6. The second-order valence-electron chi connectivity index (χ2n) is 9.32. The van der Waals surface area contributed by atoms with Gasteiger partial charge in [0, 0.05) is 47.6 Å². The molecule has 1 saturated heterocycles. The minimum Gasteiger partial charge on any atom is -0.494 e. The van der Waals surface area contributed by atoms with Crippen LogP contribution in [0.4, 0.5) is 15.8 Å². The number of methoxy groups -OCH3 is 1. The summed E-state index contributed by atoms with van der Waals surface area (Å²) in [7, 11) is 1.35. The van der Waals surface area contributed by atoms with Crippen molar-refractivity contribution in [2.75, 3.05) is 37.4 Å². The molecule has 0 atom stereocenters. The van der Waals surface area contributed by atoms with Crippen LogP contribution in [0.25, 0.3) is 0 Å². The van der Waals surface area contributed by atoms with Crippen LogP contribution in [0, 0.1) is 29.5 Å². The molecular weight excluding hydrogens is 535 g/mol. The maximum atomic E-state index is 15.1. The monoisotopic (exact) mass is 562 g/mol. The van der Waals surface area contributed by atoms with E-state index in [0.717, 1.165) is 18.9 Å². The number of ether oxygens (including phenoxy) is 1. The highest BCUT2D eigenvalue weighted by atomic mass is 35.5. The zero-order chi connectivity index (χ0) is 28.8. The average Bonchev–Trinajstić information content (AvgIpc) is 2.97. The quantitative estimate of drug-likeness (QED) is 0.184. The van der Waals surface area contributed by atoms with Crippen LogP contribution in [0.15, 0.2) is 54.6 Å². The first-order valence-electron chi connectivity index (χ1n) is 12.5. The summed E-state index contributed by atoms with van der Waals surface area (Å²) in [5.74, 6) is 0.742. The van der Waals surface area contributed by atoms with Crippen LogP contribution in [0.2, 0.25) is 5.02 Å². The summed E-state index contributed by atoms with van der Waals surface area (Å²) in [5, 5.41) is 23.3. The van der Waals surface area contributed by atoms with E-state index < -0.39 is 17.6 Å². The predicted octanol–water partition coefficient (Wildman–Crippen LogP) is 5.00. The number of benzene rings is 3. The molecule has 1 aliphatic heterocycles. The number of halogens is 2. The van der Waals surface area contributed by atoms with E-state index in [-0.39, 0.29) is 45.9 Å². The fraction of sp³-hybridized carbons (Fsp3) is 0.233. The number of likely N-dealkylation sites (tertiary alicyclic amines) is 1. The van der Waals surface area contributed by atoms with Crippen molar-refractivity contribution >= 4 is 40.6 Å². The largest absolute Gasteiger partial charge is 0.494 e. The van der Waals surface area contributed by atoms with Crippen LogP contribution in [0.1, 0.15) is 44.7 Å². The molecule has 0 spiro atoms. The summed E-state index contributed by atoms with van der Waals surface area (Å²) in [6, 6.07) is 13.3. The van der Waals surface area contributed by atoms with Crippen LogP contribution in [-0.2, 0) is 0 Å². The Kier molecular flexibility index (Phi) is 9.04. The molecule has 1 fully saturated rings. The number of aliphatic hydroxyl groups is 1. The lowest BCUT2D eigenvalue weighted by Crippen LogP contribution is -2.39. The average molecular weight is 563 g/mol. The molecule has 4 rings (SSSR count). The van der Waals surface area contributed by atoms with Gasteiger partial charge in [-0.1, -0.05) is 23.6 Å². The lowest BCUT2D eigenvalue weighted by Gasteiger charge is -2.33. The smallest absolute Gasteiger partial charge is 0.258 e. The number of amidine groups is 1. The second-order valence-corrected chi connectivity index (χ2v) is 9.75. The standard InChI is InChI=1S/C30H28ClFN4O4/c1-3-18-4-7-22(8-5-18)34-30(39)24-15-21(31)16-26(40-2)27(24)35-29(38)23-9-6-20(14-25(23)32)28(33)36-12-10-19(17-37)11-13-36/h1,4-9,14-16,19,33,37H,10-13,17H2,2H3,(H,34,39)(H,35,38). The zero-order valence-corrected chi connectivity index (χ0v) is 22.5. The Bertz CT molecular complexity index is 1480. The normalized spacial score (nSPS) is 13.3. The van der Waals surface area contributed by atoms with Gasteiger partial charge in [-0.25, -0.2) is 4.39 Å². The highest BCUT2D eigenvalue weighted by Crippen LogP contribution is 2.34. The molecule has 3 aromatic carbocycles. The molecule has 4 N–H and O–H groups in total. The Labute approximate surface area is 236 Å². The molecule has 2 amide bonds. The van der Waals surface area contributed by atoms with Crippen LogP contribution < -0.4 is 15.4 Å².